The van der Waals surface area contributed by atoms with Crippen LogP contribution in [-0.2, 0) is 11.3 Å². The third-order valence-corrected chi connectivity index (χ3v) is 3.17. The molecule has 0 aliphatic rings. The van der Waals surface area contributed by atoms with Crippen molar-refractivity contribution >= 4 is 0 Å². The van der Waals surface area contributed by atoms with Gasteiger partial charge >= 0.3 is 0 Å². The number of rotatable bonds is 7. The molecule has 0 fully saturated rings. The predicted molar refractivity (Wildman–Crippen MR) is 76.4 cm³/mol. The molecule has 0 saturated heterocycles. The topological polar surface area (TPSA) is 39.1 Å². The van der Waals surface area contributed by atoms with E-state index in [4.69, 9.17) is 4.74 Å². The van der Waals surface area contributed by atoms with E-state index in [9.17, 15) is 0 Å². The molecule has 0 spiro atoms. The van der Waals surface area contributed by atoms with Gasteiger partial charge in [0, 0.05) is 38.7 Å². The van der Waals surface area contributed by atoms with Gasteiger partial charge in [-0.15, -0.1) is 0 Å². The Morgan fingerprint density at radius 1 is 1.37 bits per heavy atom. The molecule has 1 N–H and O–H groups in total. The van der Waals surface area contributed by atoms with Gasteiger partial charge in [-0.05, 0) is 25.0 Å². The zero-order valence-electron chi connectivity index (χ0n) is 11.5. The summed E-state index contributed by atoms with van der Waals surface area (Å²) in [5.74, 6) is 0. The minimum atomic E-state index is 0.441. The quantitative estimate of drug-likeness (QED) is 0.830. The highest BCUT2D eigenvalue weighted by Gasteiger charge is 2.05. The summed E-state index contributed by atoms with van der Waals surface area (Å²) >= 11 is 0. The Balaban J connectivity index is 2.01. The first kappa shape index (κ1) is 13.8. The lowest BCUT2D eigenvalue weighted by molar-refractivity contribution is 0.184. The lowest BCUT2D eigenvalue weighted by atomic mass is 10.1. The van der Waals surface area contributed by atoms with Crippen LogP contribution >= 0.6 is 0 Å². The van der Waals surface area contributed by atoms with E-state index in [-0.39, 0.29) is 0 Å². The molecule has 1 aromatic heterocycles. The van der Waals surface area contributed by atoms with Crippen LogP contribution < -0.4 is 5.32 Å². The molecule has 1 aromatic carbocycles. The lowest BCUT2D eigenvalue weighted by Crippen LogP contribution is -2.27. The molecular weight excluding hydrogens is 238 g/mol. The average Bonchev–Trinajstić information content (AvgIpc) is 2.97. The van der Waals surface area contributed by atoms with E-state index in [1.54, 1.807) is 13.3 Å². The highest BCUT2D eigenvalue weighted by molar-refractivity contribution is 5.40. The van der Waals surface area contributed by atoms with Crippen molar-refractivity contribution in [2.75, 3.05) is 13.7 Å². The van der Waals surface area contributed by atoms with Gasteiger partial charge in [-0.25, -0.2) is 4.98 Å². The van der Waals surface area contributed by atoms with E-state index in [1.165, 1.54) is 11.3 Å². The Labute approximate surface area is 114 Å². The Morgan fingerprint density at radius 3 is 2.95 bits per heavy atom. The maximum Gasteiger partial charge on any atom is 0.0991 e. The third kappa shape index (κ3) is 3.91. The highest BCUT2D eigenvalue weighted by atomic mass is 16.5. The second-order valence-electron chi connectivity index (χ2n) is 4.66. The first-order valence-electron chi connectivity index (χ1n) is 6.60. The molecule has 102 valence electrons. The van der Waals surface area contributed by atoms with Gasteiger partial charge in [0.2, 0.25) is 0 Å². The molecule has 0 bridgehead atoms. The molecule has 2 aromatic rings. The van der Waals surface area contributed by atoms with Crippen LogP contribution in [0.5, 0.6) is 0 Å². The number of methoxy groups -OCH3 is 1. The zero-order valence-corrected chi connectivity index (χ0v) is 11.5. The van der Waals surface area contributed by atoms with Crippen LogP contribution in [0.2, 0.25) is 0 Å². The second-order valence-corrected chi connectivity index (χ2v) is 4.66. The number of ether oxygens (including phenoxy) is 1. The van der Waals surface area contributed by atoms with Crippen molar-refractivity contribution in [3.05, 3.63) is 48.5 Å². The fourth-order valence-corrected chi connectivity index (χ4v) is 1.99. The number of aromatic nitrogens is 2. The van der Waals surface area contributed by atoms with Gasteiger partial charge in [-0.1, -0.05) is 18.2 Å². The monoisotopic (exact) mass is 259 g/mol. The van der Waals surface area contributed by atoms with E-state index in [0.717, 1.165) is 19.6 Å². The van der Waals surface area contributed by atoms with E-state index in [0.29, 0.717) is 6.04 Å². The number of nitrogens with zero attached hydrogens (tertiary/aromatic N) is 2. The smallest absolute Gasteiger partial charge is 0.0991 e. The predicted octanol–water partition coefficient (Wildman–Crippen LogP) is 2.39. The van der Waals surface area contributed by atoms with Crippen LogP contribution in [-0.4, -0.2) is 29.3 Å². The molecular formula is C15H21N3O. The summed E-state index contributed by atoms with van der Waals surface area (Å²) < 4.78 is 7.13. The van der Waals surface area contributed by atoms with E-state index in [2.05, 4.69) is 35.4 Å². The van der Waals surface area contributed by atoms with E-state index < -0.39 is 0 Å². The standard InChI is InChI=1S/C15H21N3O/c1-13(7-10-19-2)17-11-14-5-3-4-6-15(14)18-9-8-16-12-18/h3-6,8-9,12-13,17H,7,10-11H2,1-2H3/t13-/m1/s1. The maximum atomic E-state index is 5.09. The minimum Gasteiger partial charge on any atom is -0.385 e. The van der Waals surface area contributed by atoms with E-state index >= 15 is 0 Å². The van der Waals surface area contributed by atoms with Gasteiger partial charge < -0.3 is 14.6 Å². The van der Waals surface area contributed by atoms with Gasteiger partial charge in [0.1, 0.15) is 0 Å². The van der Waals surface area contributed by atoms with Crippen molar-refractivity contribution in [3.63, 3.8) is 0 Å². The fourth-order valence-electron chi connectivity index (χ4n) is 1.99. The number of para-hydroxylation sites is 1. The molecule has 0 unspecified atom stereocenters. The van der Waals surface area contributed by atoms with Gasteiger partial charge in [0.25, 0.3) is 0 Å². The Bertz CT molecular complexity index is 482. The molecule has 1 atom stereocenters. The fraction of sp³-hybridized carbons (Fsp3) is 0.400. The van der Waals surface area contributed by atoms with Crippen LogP contribution in [0.1, 0.15) is 18.9 Å². The zero-order chi connectivity index (χ0) is 13.5. The Kier molecular flexibility index (Phi) is 5.12. The average molecular weight is 259 g/mol. The summed E-state index contributed by atoms with van der Waals surface area (Å²) in [5, 5.41) is 3.52. The number of imidazole rings is 1. The van der Waals surface area contributed by atoms with Crippen LogP contribution in [0, 0.1) is 0 Å². The van der Waals surface area contributed by atoms with Crippen molar-refractivity contribution in [2.24, 2.45) is 0 Å². The largest absolute Gasteiger partial charge is 0.385 e. The molecule has 0 aliphatic heterocycles. The summed E-state index contributed by atoms with van der Waals surface area (Å²) in [5.41, 5.74) is 2.44. The number of benzene rings is 1. The molecule has 4 nitrogen and oxygen atoms in total. The third-order valence-electron chi connectivity index (χ3n) is 3.17. The molecule has 1 heterocycles. The Hall–Kier alpha value is -1.65. The molecule has 2 rings (SSSR count). The van der Waals surface area contributed by atoms with Crippen molar-refractivity contribution in [2.45, 2.75) is 25.9 Å². The minimum absolute atomic E-state index is 0.441. The number of nitrogens with one attached hydrogen (secondary N) is 1. The van der Waals surface area contributed by atoms with Crippen LogP contribution in [0.15, 0.2) is 43.0 Å². The maximum absolute atomic E-state index is 5.09. The summed E-state index contributed by atoms with van der Waals surface area (Å²) in [6.45, 7) is 3.81. The van der Waals surface area contributed by atoms with Crippen molar-refractivity contribution < 1.29 is 4.74 Å². The van der Waals surface area contributed by atoms with Crippen molar-refractivity contribution in [1.29, 1.82) is 0 Å². The van der Waals surface area contributed by atoms with Crippen LogP contribution in [0.4, 0.5) is 0 Å². The molecule has 0 aliphatic carbocycles. The lowest BCUT2D eigenvalue weighted by Gasteiger charge is -2.15. The summed E-state index contributed by atoms with van der Waals surface area (Å²) in [7, 11) is 1.74. The normalized spacial score (nSPS) is 12.5. The summed E-state index contributed by atoms with van der Waals surface area (Å²) in [4.78, 5) is 4.10. The molecule has 19 heavy (non-hydrogen) atoms. The molecule has 4 heteroatoms. The van der Waals surface area contributed by atoms with Crippen LogP contribution in [0.3, 0.4) is 0 Å². The first-order valence-corrected chi connectivity index (χ1v) is 6.60. The first-order chi connectivity index (χ1) is 9.31. The SMILES string of the molecule is COCC[C@@H](C)NCc1ccccc1-n1ccnc1. The van der Waals surface area contributed by atoms with Gasteiger partial charge in [0.15, 0.2) is 0 Å². The van der Waals surface area contributed by atoms with Gasteiger partial charge in [0.05, 0.1) is 12.0 Å². The van der Waals surface area contributed by atoms with E-state index in [1.807, 2.05) is 23.2 Å². The molecule has 0 radical (unpaired) electrons. The summed E-state index contributed by atoms with van der Waals surface area (Å²) in [6, 6.07) is 8.81. The van der Waals surface area contributed by atoms with Crippen LogP contribution in [0.25, 0.3) is 5.69 Å². The van der Waals surface area contributed by atoms with Gasteiger partial charge in [-0.3, -0.25) is 0 Å². The van der Waals surface area contributed by atoms with Gasteiger partial charge in [-0.2, -0.15) is 0 Å². The van der Waals surface area contributed by atoms with Crippen molar-refractivity contribution in [1.82, 2.24) is 14.9 Å². The molecule has 0 saturated carbocycles. The highest BCUT2D eigenvalue weighted by Crippen LogP contribution is 2.14. The Morgan fingerprint density at radius 2 is 2.21 bits per heavy atom. The van der Waals surface area contributed by atoms with Crippen molar-refractivity contribution in [3.8, 4) is 5.69 Å². The number of hydrogen-bond acceptors (Lipinski definition) is 3. The summed E-state index contributed by atoms with van der Waals surface area (Å²) in [6.07, 6.45) is 6.61. The second kappa shape index (κ2) is 7.07. The number of hydrogen-bond donors (Lipinski definition) is 1. The molecule has 0 amide bonds.